The van der Waals surface area contributed by atoms with Crippen LogP contribution in [0.15, 0.2) is 0 Å². The van der Waals surface area contributed by atoms with Gasteiger partial charge in [-0.15, -0.1) is 0 Å². The van der Waals surface area contributed by atoms with Gasteiger partial charge in [-0.25, -0.2) is 0 Å². The van der Waals surface area contributed by atoms with Crippen molar-refractivity contribution in [3.8, 4) is 0 Å². The quantitative estimate of drug-likeness (QED) is 0.840. The summed E-state index contributed by atoms with van der Waals surface area (Å²) in [7, 11) is 0. The van der Waals surface area contributed by atoms with Crippen LogP contribution in [0.4, 0.5) is 0 Å². The maximum Gasteiger partial charge on any atom is 0.0252 e. The van der Waals surface area contributed by atoms with Crippen molar-refractivity contribution in [1.82, 2.24) is 10.2 Å². The van der Waals surface area contributed by atoms with Crippen molar-refractivity contribution in [2.45, 2.75) is 78.8 Å². The Balaban J connectivity index is 2.03. The van der Waals surface area contributed by atoms with E-state index in [-0.39, 0.29) is 0 Å². The summed E-state index contributed by atoms with van der Waals surface area (Å²) in [5, 5.41) is 3.77. The first-order valence-electron chi connectivity index (χ1n) is 8.93. The molecule has 1 saturated heterocycles. The molecule has 0 spiro atoms. The van der Waals surface area contributed by atoms with Crippen molar-refractivity contribution in [2.24, 2.45) is 17.3 Å². The minimum atomic E-state index is 0.472. The normalized spacial score (nSPS) is 36.5. The van der Waals surface area contributed by atoms with Gasteiger partial charge in [0.2, 0.25) is 0 Å². The van der Waals surface area contributed by atoms with Crippen molar-refractivity contribution < 1.29 is 0 Å². The van der Waals surface area contributed by atoms with E-state index in [1.165, 1.54) is 45.2 Å². The number of nitrogens with zero attached hydrogens (tertiary/aromatic N) is 1. The fraction of sp³-hybridized carbons (Fsp3) is 1.00. The number of rotatable bonds is 4. The fourth-order valence-electron chi connectivity index (χ4n) is 4.33. The standard InChI is InChI=1S/C18H36N2/c1-6-14-10-11-20(13-14)17-12-15(18(3,4)5)8-9-16(17)19-7-2/h14-17,19H,6-13H2,1-5H3. The lowest BCUT2D eigenvalue weighted by Crippen LogP contribution is -2.53. The van der Waals surface area contributed by atoms with E-state index in [4.69, 9.17) is 0 Å². The van der Waals surface area contributed by atoms with Gasteiger partial charge in [-0.2, -0.15) is 0 Å². The molecule has 0 aromatic rings. The lowest BCUT2D eigenvalue weighted by molar-refractivity contribution is 0.0697. The zero-order valence-electron chi connectivity index (χ0n) is 14.4. The van der Waals surface area contributed by atoms with Crippen molar-refractivity contribution in [2.75, 3.05) is 19.6 Å². The molecule has 4 atom stereocenters. The molecule has 1 N–H and O–H groups in total. The van der Waals surface area contributed by atoms with Gasteiger partial charge in [0.25, 0.3) is 0 Å². The third-order valence-electron chi connectivity index (χ3n) is 5.87. The summed E-state index contributed by atoms with van der Waals surface area (Å²) in [5.41, 5.74) is 0.472. The zero-order valence-corrected chi connectivity index (χ0v) is 14.4. The molecule has 2 heteroatoms. The SMILES string of the molecule is CCNC1CCC(C(C)(C)C)CC1N1CCC(CC)C1. The van der Waals surface area contributed by atoms with Gasteiger partial charge >= 0.3 is 0 Å². The molecule has 118 valence electrons. The average Bonchev–Trinajstić information content (AvgIpc) is 2.87. The van der Waals surface area contributed by atoms with Gasteiger partial charge in [0, 0.05) is 18.6 Å². The first-order valence-corrected chi connectivity index (χ1v) is 8.93. The van der Waals surface area contributed by atoms with Crippen LogP contribution in [0.1, 0.15) is 66.7 Å². The highest BCUT2D eigenvalue weighted by atomic mass is 15.2. The van der Waals surface area contributed by atoms with E-state index in [9.17, 15) is 0 Å². The van der Waals surface area contributed by atoms with Gasteiger partial charge in [0.05, 0.1) is 0 Å². The van der Waals surface area contributed by atoms with Gasteiger partial charge in [0.15, 0.2) is 0 Å². The minimum Gasteiger partial charge on any atom is -0.313 e. The molecular formula is C18H36N2. The van der Waals surface area contributed by atoms with E-state index in [0.29, 0.717) is 5.41 Å². The second kappa shape index (κ2) is 6.79. The summed E-state index contributed by atoms with van der Waals surface area (Å²) >= 11 is 0. The summed E-state index contributed by atoms with van der Waals surface area (Å²) < 4.78 is 0. The highest BCUT2D eigenvalue weighted by Gasteiger charge is 2.39. The Bertz CT molecular complexity index is 294. The molecule has 1 aliphatic heterocycles. The molecule has 1 heterocycles. The average molecular weight is 280 g/mol. The Labute approximate surface area is 126 Å². The highest BCUT2D eigenvalue weighted by molar-refractivity contribution is 4.96. The van der Waals surface area contributed by atoms with E-state index in [1.54, 1.807) is 0 Å². The van der Waals surface area contributed by atoms with Crippen LogP contribution in [0.3, 0.4) is 0 Å². The molecule has 2 rings (SSSR count). The number of likely N-dealkylation sites (tertiary alicyclic amines) is 1. The van der Waals surface area contributed by atoms with E-state index in [0.717, 1.165) is 30.5 Å². The molecular weight excluding hydrogens is 244 g/mol. The lowest BCUT2D eigenvalue weighted by Gasteiger charge is -2.45. The summed E-state index contributed by atoms with van der Waals surface area (Å²) in [4.78, 5) is 2.82. The van der Waals surface area contributed by atoms with E-state index < -0.39 is 0 Å². The van der Waals surface area contributed by atoms with Crippen LogP contribution < -0.4 is 5.32 Å². The Morgan fingerprint density at radius 1 is 1.10 bits per heavy atom. The van der Waals surface area contributed by atoms with E-state index in [2.05, 4.69) is 44.8 Å². The van der Waals surface area contributed by atoms with Gasteiger partial charge in [-0.1, -0.05) is 41.0 Å². The van der Waals surface area contributed by atoms with Crippen molar-refractivity contribution >= 4 is 0 Å². The molecule has 0 aromatic carbocycles. The predicted molar refractivity (Wildman–Crippen MR) is 88.0 cm³/mol. The van der Waals surface area contributed by atoms with E-state index >= 15 is 0 Å². The maximum atomic E-state index is 3.77. The molecule has 4 unspecified atom stereocenters. The molecule has 2 fully saturated rings. The highest BCUT2D eigenvalue weighted by Crippen LogP contribution is 2.40. The van der Waals surface area contributed by atoms with Crippen molar-refractivity contribution in [3.05, 3.63) is 0 Å². The van der Waals surface area contributed by atoms with Crippen LogP contribution in [0.5, 0.6) is 0 Å². The maximum absolute atomic E-state index is 3.77. The third kappa shape index (κ3) is 3.76. The van der Waals surface area contributed by atoms with Gasteiger partial charge < -0.3 is 5.32 Å². The molecule has 2 aliphatic rings. The molecule has 20 heavy (non-hydrogen) atoms. The van der Waals surface area contributed by atoms with Crippen molar-refractivity contribution in [3.63, 3.8) is 0 Å². The molecule has 0 radical (unpaired) electrons. The Morgan fingerprint density at radius 2 is 1.85 bits per heavy atom. The number of nitrogens with one attached hydrogen (secondary N) is 1. The second-order valence-electron chi connectivity index (χ2n) is 8.17. The molecule has 2 nitrogen and oxygen atoms in total. The molecule has 1 aliphatic carbocycles. The van der Waals surface area contributed by atoms with Crippen LogP contribution in [0.2, 0.25) is 0 Å². The molecule has 0 amide bonds. The van der Waals surface area contributed by atoms with Gasteiger partial charge in [-0.05, 0) is 56.0 Å². The van der Waals surface area contributed by atoms with Gasteiger partial charge in [-0.3, -0.25) is 4.90 Å². The summed E-state index contributed by atoms with van der Waals surface area (Å²) in [6.07, 6.45) is 6.96. The molecule has 0 aromatic heterocycles. The first-order chi connectivity index (χ1) is 9.45. The van der Waals surface area contributed by atoms with Crippen LogP contribution in [0, 0.1) is 17.3 Å². The molecule has 0 bridgehead atoms. The Hall–Kier alpha value is -0.0800. The first kappa shape index (κ1) is 16.3. The minimum absolute atomic E-state index is 0.472. The monoisotopic (exact) mass is 280 g/mol. The van der Waals surface area contributed by atoms with Crippen molar-refractivity contribution in [1.29, 1.82) is 0 Å². The second-order valence-corrected chi connectivity index (χ2v) is 8.17. The van der Waals surface area contributed by atoms with Gasteiger partial charge in [0.1, 0.15) is 0 Å². The number of hydrogen-bond acceptors (Lipinski definition) is 2. The zero-order chi connectivity index (χ0) is 14.8. The van der Waals surface area contributed by atoms with E-state index in [1.807, 2.05) is 0 Å². The fourth-order valence-corrected chi connectivity index (χ4v) is 4.33. The Morgan fingerprint density at radius 3 is 2.40 bits per heavy atom. The van der Waals surface area contributed by atoms with Crippen LogP contribution in [-0.4, -0.2) is 36.6 Å². The third-order valence-corrected chi connectivity index (χ3v) is 5.87. The largest absolute Gasteiger partial charge is 0.313 e. The Kier molecular flexibility index (Phi) is 5.53. The molecule has 1 saturated carbocycles. The van der Waals surface area contributed by atoms with Crippen LogP contribution >= 0.6 is 0 Å². The summed E-state index contributed by atoms with van der Waals surface area (Å²) in [6.45, 7) is 15.7. The van der Waals surface area contributed by atoms with Crippen LogP contribution in [0.25, 0.3) is 0 Å². The smallest absolute Gasteiger partial charge is 0.0252 e. The number of hydrogen-bond donors (Lipinski definition) is 1. The number of likely N-dealkylation sites (N-methyl/N-ethyl adjacent to an activating group) is 1. The van der Waals surface area contributed by atoms with Crippen LogP contribution in [-0.2, 0) is 0 Å². The topological polar surface area (TPSA) is 15.3 Å². The summed E-state index contributed by atoms with van der Waals surface area (Å²) in [6, 6.07) is 1.51. The predicted octanol–water partition coefficient (Wildman–Crippen LogP) is 3.91. The lowest BCUT2D eigenvalue weighted by atomic mass is 9.69. The summed E-state index contributed by atoms with van der Waals surface area (Å²) in [5.74, 6) is 1.84.